The van der Waals surface area contributed by atoms with Gasteiger partial charge in [-0.25, -0.2) is 9.59 Å². The first-order valence-electron chi connectivity index (χ1n) is 9.36. The summed E-state index contributed by atoms with van der Waals surface area (Å²) < 4.78 is 0. The number of carboxylic acids is 2. The molecule has 0 radical (unpaired) electrons. The van der Waals surface area contributed by atoms with Crippen molar-refractivity contribution in [1.29, 1.82) is 0 Å². The molecule has 0 bridgehead atoms. The third kappa shape index (κ3) is 7.46. The van der Waals surface area contributed by atoms with E-state index in [0.717, 1.165) is 45.7 Å². The maximum absolute atomic E-state index is 9.10. The molecule has 3 rings (SSSR count). The Labute approximate surface area is 165 Å². The average Bonchev–Trinajstić information content (AvgIpc) is 2.71. The molecule has 0 amide bonds. The van der Waals surface area contributed by atoms with Gasteiger partial charge in [-0.15, -0.1) is 0 Å². The maximum atomic E-state index is 9.10. The van der Waals surface area contributed by atoms with Crippen LogP contribution in [0.1, 0.15) is 23.7 Å². The van der Waals surface area contributed by atoms with Gasteiger partial charge in [0.1, 0.15) is 0 Å². The van der Waals surface area contributed by atoms with Crippen molar-refractivity contribution in [3.05, 3.63) is 65.5 Å². The van der Waals surface area contributed by atoms with Crippen LogP contribution in [-0.2, 0) is 29.1 Å². The largest absolute Gasteiger partial charge is 0.473 e. The molecule has 1 aliphatic rings. The minimum absolute atomic E-state index is 0.972. The van der Waals surface area contributed by atoms with E-state index in [2.05, 4.69) is 58.1 Å². The molecule has 1 aromatic heterocycles. The van der Waals surface area contributed by atoms with Gasteiger partial charge < -0.3 is 10.2 Å². The average molecular weight is 385 g/mol. The number of carbonyl (C=O) groups is 2. The summed E-state index contributed by atoms with van der Waals surface area (Å²) in [7, 11) is 0. The summed E-state index contributed by atoms with van der Waals surface area (Å²) in [5, 5.41) is 14.8. The van der Waals surface area contributed by atoms with Gasteiger partial charge in [-0.1, -0.05) is 37.3 Å². The lowest BCUT2D eigenvalue weighted by molar-refractivity contribution is -0.159. The Balaban J connectivity index is 0.000000409. The van der Waals surface area contributed by atoms with Gasteiger partial charge in [0.2, 0.25) is 0 Å². The van der Waals surface area contributed by atoms with E-state index < -0.39 is 11.9 Å². The number of rotatable bonds is 5. The molecule has 2 heterocycles. The van der Waals surface area contributed by atoms with Crippen molar-refractivity contribution in [2.75, 3.05) is 26.2 Å². The second-order valence-corrected chi connectivity index (χ2v) is 6.65. The summed E-state index contributed by atoms with van der Waals surface area (Å²) in [5.74, 6) is -3.65. The fraction of sp³-hybridized carbons (Fsp3) is 0.381. The van der Waals surface area contributed by atoms with E-state index in [1.165, 1.54) is 16.8 Å². The van der Waals surface area contributed by atoms with Crippen molar-refractivity contribution < 1.29 is 19.8 Å². The molecule has 1 saturated heterocycles. The molecule has 2 aromatic rings. The molecule has 0 saturated carbocycles. The van der Waals surface area contributed by atoms with Gasteiger partial charge in [-0.05, 0) is 29.7 Å². The highest BCUT2D eigenvalue weighted by atomic mass is 16.4. The maximum Gasteiger partial charge on any atom is 0.414 e. The van der Waals surface area contributed by atoms with Crippen molar-refractivity contribution in [1.82, 2.24) is 14.8 Å². The predicted octanol–water partition coefficient (Wildman–Crippen LogP) is 2.12. The van der Waals surface area contributed by atoms with Gasteiger partial charge in [0.05, 0.1) is 5.69 Å². The number of pyridine rings is 1. The Bertz CT molecular complexity index is 730. The van der Waals surface area contributed by atoms with E-state index in [4.69, 9.17) is 19.8 Å². The Morgan fingerprint density at radius 1 is 0.857 bits per heavy atom. The first kappa shape index (κ1) is 21.5. The van der Waals surface area contributed by atoms with E-state index >= 15 is 0 Å². The first-order chi connectivity index (χ1) is 13.5. The highest BCUT2D eigenvalue weighted by Crippen LogP contribution is 2.12. The van der Waals surface area contributed by atoms with Gasteiger partial charge in [-0.3, -0.25) is 14.8 Å². The molecule has 0 aliphatic carbocycles. The molecular weight excluding hydrogens is 358 g/mol. The van der Waals surface area contributed by atoms with Crippen LogP contribution in [0.5, 0.6) is 0 Å². The number of hydrogen-bond acceptors (Lipinski definition) is 5. The second-order valence-electron chi connectivity index (χ2n) is 6.65. The third-order valence-corrected chi connectivity index (χ3v) is 4.60. The molecule has 150 valence electrons. The minimum Gasteiger partial charge on any atom is -0.473 e. The number of nitrogens with zero attached hydrogens (tertiary/aromatic N) is 3. The number of aromatic nitrogens is 1. The monoisotopic (exact) mass is 385 g/mol. The SMILES string of the molecule is CCc1ccc(CN2CCN(Cc3ccccn3)CC2)cc1.O=C(O)C(=O)O. The van der Waals surface area contributed by atoms with Crippen LogP contribution in [0.15, 0.2) is 48.7 Å². The smallest absolute Gasteiger partial charge is 0.414 e. The molecule has 0 atom stereocenters. The summed E-state index contributed by atoms with van der Waals surface area (Å²) in [5.41, 5.74) is 4.02. The number of hydrogen-bond donors (Lipinski definition) is 2. The molecule has 7 heteroatoms. The lowest BCUT2D eigenvalue weighted by Gasteiger charge is -2.34. The Hall–Kier alpha value is -2.77. The fourth-order valence-corrected chi connectivity index (χ4v) is 2.96. The molecule has 1 aromatic carbocycles. The molecule has 1 fully saturated rings. The van der Waals surface area contributed by atoms with Crippen molar-refractivity contribution in [3.63, 3.8) is 0 Å². The molecule has 0 spiro atoms. The summed E-state index contributed by atoms with van der Waals surface area (Å²) >= 11 is 0. The number of aliphatic carboxylic acids is 2. The van der Waals surface area contributed by atoms with E-state index in [9.17, 15) is 0 Å². The highest BCUT2D eigenvalue weighted by molar-refractivity contribution is 6.27. The number of benzene rings is 1. The predicted molar refractivity (Wildman–Crippen MR) is 106 cm³/mol. The van der Waals surface area contributed by atoms with Crippen molar-refractivity contribution >= 4 is 11.9 Å². The lowest BCUT2D eigenvalue weighted by atomic mass is 10.1. The normalized spacial score (nSPS) is 14.8. The standard InChI is InChI=1S/C19H25N3.C2H2O4/c1-2-17-6-8-18(9-7-17)15-21-11-13-22(14-12-21)16-19-5-3-4-10-20-19;3-1(4)2(5)6/h3-10H,2,11-16H2,1H3;(H,3,4)(H,5,6). The van der Waals surface area contributed by atoms with Gasteiger partial charge in [0, 0.05) is 45.5 Å². The van der Waals surface area contributed by atoms with Crippen LogP contribution < -0.4 is 0 Å². The molecule has 7 nitrogen and oxygen atoms in total. The Kier molecular flexibility index (Phi) is 8.58. The van der Waals surface area contributed by atoms with E-state index in [-0.39, 0.29) is 0 Å². The second kappa shape index (κ2) is 11.2. The third-order valence-electron chi connectivity index (χ3n) is 4.60. The van der Waals surface area contributed by atoms with Crippen molar-refractivity contribution in [3.8, 4) is 0 Å². The van der Waals surface area contributed by atoms with Crippen LogP contribution in [0.2, 0.25) is 0 Å². The molecule has 28 heavy (non-hydrogen) atoms. The van der Waals surface area contributed by atoms with Crippen LogP contribution in [0.3, 0.4) is 0 Å². The summed E-state index contributed by atoms with van der Waals surface area (Å²) in [6, 6.07) is 15.2. The van der Waals surface area contributed by atoms with E-state index in [1.54, 1.807) is 0 Å². The molecule has 0 unspecified atom stereocenters. The first-order valence-corrected chi connectivity index (χ1v) is 9.36. The minimum atomic E-state index is -1.82. The number of piperazine rings is 1. The van der Waals surface area contributed by atoms with Crippen LogP contribution >= 0.6 is 0 Å². The Morgan fingerprint density at radius 2 is 1.39 bits per heavy atom. The lowest BCUT2D eigenvalue weighted by Crippen LogP contribution is -2.45. The van der Waals surface area contributed by atoms with Gasteiger partial charge >= 0.3 is 11.9 Å². The van der Waals surface area contributed by atoms with E-state index in [0.29, 0.717) is 0 Å². The topological polar surface area (TPSA) is 94.0 Å². The van der Waals surface area contributed by atoms with Crippen molar-refractivity contribution in [2.45, 2.75) is 26.4 Å². The summed E-state index contributed by atoms with van der Waals surface area (Å²) in [6.07, 6.45) is 3.00. The number of aryl methyl sites for hydroxylation is 1. The zero-order valence-electron chi connectivity index (χ0n) is 16.1. The van der Waals surface area contributed by atoms with Crippen molar-refractivity contribution in [2.24, 2.45) is 0 Å². The van der Waals surface area contributed by atoms with Gasteiger partial charge in [0.25, 0.3) is 0 Å². The van der Waals surface area contributed by atoms with Gasteiger partial charge in [-0.2, -0.15) is 0 Å². The molecular formula is C21H27N3O4. The van der Waals surface area contributed by atoms with Crippen LogP contribution in [0, 0.1) is 0 Å². The Morgan fingerprint density at radius 3 is 1.86 bits per heavy atom. The van der Waals surface area contributed by atoms with E-state index in [1.807, 2.05) is 12.3 Å². The summed E-state index contributed by atoms with van der Waals surface area (Å²) in [6.45, 7) is 8.79. The molecule has 1 aliphatic heterocycles. The van der Waals surface area contributed by atoms with Crippen LogP contribution in [0.25, 0.3) is 0 Å². The van der Waals surface area contributed by atoms with Gasteiger partial charge in [0.15, 0.2) is 0 Å². The zero-order valence-corrected chi connectivity index (χ0v) is 16.1. The van der Waals surface area contributed by atoms with Crippen LogP contribution in [0.4, 0.5) is 0 Å². The molecule has 2 N–H and O–H groups in total. The quantitative estimate of drug-likeness (QED) is 0.762. The number of carboxylic acid groups (broad SMARTS) is 2. The summed E-state index contributed by atoms with van der Waals surface area (Å²) in [4.78, 5) is 27.7. The zero-order chi connectivity index (χ0) is 20.4. The van der Waals surface area contributed by atoms with Crippen LogP contribution in [-0.4, -0.2) is 63.1 Å². The highest BCUT2D eigenvalue weighted by Gasteiger charge is 2.17. The fourth-order valence-electron chi connectivity index (χ4n) is 2.96.